The fourth-order valence-electron chi connectivity index (χ4n) is 1.48. The van der Waals surface area contributed by atoms with Crippen molar-refractivity contribution in [3.63, 3.8) is 0 Å². The first-order valence-electron chi connectivity index (χ1n) is 5.43. The predicted octanol–water partition coefficient (Wildman–Crippen LogP) is 1.96. The van der Waals surface area contributed by atoms with Gasteiger partial charge in [-0.25, -0.2) is 0 Å². The number of rotatable bonds is 4. The Labute approximate surface area is 101 Å². The zero-order chi connectivity index (χ0) is 12.8. The molecular weight excluding hydrogens is 216 g/mol. The Bertz CT molecular complexity index is 447. The van der Waals surface area contributed by atoms with Gasteiger partial charge in [0.15, 0.2) is 6.07 Å². The third kappa shape index (κ3) is 3.49. The van der Waals surface area contributed by atoms with E-state index in [2.05, 4.69) is 19.2 Å². The number of hydrogen-bond donors (Lipinski definition) is 1. The van der Waals surface area contributed by atoms with E-state index in [1.165, 1.54) is 11.6 Å². The van der Waals surface area contributed by atoms with Gasteiger partial charge in [-0.05, 0) is 17.5 Å². The molecule has 0 radical (unpaired) electrons. The predicted molar refractivity (Wildman–Crippen MR) is 64.5 cm³/mol. The van der Waals surface area contributed by atoms with E-state index >= 15 is 0 Å². The minimum Gasteiger partial charge on any atom is -0.496 e. The van der Waals surface area contributed by atoms with Crippen LogP contribution in [0.15, 0.2) is 18.2 Å². The summed E-state index contributed by atoms with van der Waals surface area (Å²) < 4.78 is 5.27. The SMILES string of the molecule is COc1cc(C(C)C)ccc1CNC(=O)C#N. The lowest BCUT2D eigenvalue weighted by Gasteiger charge is -2.12. The van der Waals surface area contributed by atoms with E-state index < -0.39 is 5.91 Å². The lowest BCUT2D eigenvalue weighted by Crippen LogP contribution is -2.20. The van der Waals surface area contributed by atoms with Crippen molar-refractivity contribution in [1.82, 2.24) is 5.32 Å². The minimum atomic E-state index is -0.639. The molecule has 0 unspecified atom stereocenters. The average Bonchev–Trinajstić information content (AvgIpc) is 2.35. The number of nitrogens with one attached hydrogen (secondary N) is 1. The van der Waals surface area contributed by atoms with Crippen LogP contribution in [0.5, 0.6) is 5.75 Å². The topological polar surface area (TPSA) is 62.1 Å². The lowest BCUT2D eigenvalue weighted by molar-refractivity contribution is -0.116. The molecule has 0 bridgehead atoms. The van der Waals surface area contributed by atoms with Crippen molar-refractivity contribution in [1.29, 1.82) is 5.26 Å². The Balaban J connectivity index is 2.86. The third-order valence-corrected chi connectivity index (χ3v) is 2.52. The summed E-state index contributed by atoms with van der Waals surface area (Å²) in [6.45, 7) is 4.51. The summed E-state index contributed by atoms with van der Waals surface area (Å²) in [5, 5.41) is 10.9. The van der Waals surface area contributed by atoms with Gasteiger partial charge in [0.1, 0.15) is 5.75 Å². The standard InChI is InChI=1S/C13H16N2O2/c1-9(2)10-4-5-11(12(6-10)17-3)8-15-13(16)7-14/h4-6,9H,8H2,1-3H3,(H,15,16). The number of nitriles is 1. The zero-order valence-electron chi connectivity index (χ0n) is 10.3. The van der Waals surface area contributed by atoms with E-state index in [4.69, 9.17) is 10.00 Å². The molecule has 0 aliphatic heterocycles. The highest BCUT2D eigenvalue weighted by molar-refractivity contribution is 5.91. The Kier molecular flexibility index (Phi) is 4.53. The first-order chi connectivity index (χ1) is 8.08. The van der Waals surface area contributed by atoms with Gasteiger partial charge in [-0.15, -0.1) is 0 Å². The Hall–Kier alpha value is -2.02. The molecule has 1 amide bonds. The van der Waals surface area contributed by atoms with Gasteiger partial charge in [0.05, 0.1) is 7.11 Å². The van der Waals surface area contributed by atoms with Crippen molar-refractivity contribution in [2.24, 2.45) is 0 Å². The van der Waals surface area contributed by atoms with Gasteiger partial charge >= 0.3 is 5.91 Å². The molecule has 1 aromatic rings. The summed E-state index contributed by atoms with van der Waals surface area (Å²) in [4.78, 5) is 10.8. The molecule has 0 aromatic heterocycles. The molecule has 0 spiro atoms. The molecule has 0 atom stereocenters. The van der Waals surface area contributed by atoms with Gasteiger partial charge in [0.2, 0.25) is 0 Å². The normalized spacial score (nSPS) is 9.82. The third-order valence-electron chi connectivity index (χ3n) is 2.52. The van der Waals surface area contributed by atoms with E-state index in [1.807, 2.05) is 18.2 Å². The van der Waals surface area contributed by atoms with Crippen LogP contribution >= 0.6 is 0 Å². The molecule has 0 heterocycles. The van der Waals surface area contributed by atoms with Gasteiger partial charge < -0.3 is 10.1 Å². The first kappa shape index (κ1) is 13.0. The van der Waals surface area contributed by atoms with E-state index in [0.717, 1.165) is 11.3 Å². The van der Waals surface area contributed by atoms with Crippen LogP contribution < -0.4 is 10.1 Å². The summed E-state index contributed by atoms with van der Waals surface area (Å²) in [6.07, 6.45) is 0. The number of ether oxygens (including phenoxy) is 1. The van der Waals surface area contributed by atoms with Gasteiger partial charge in [-0.3, -0.25) is 4.79 Å². The largest absolute Gasteiger partial charge is 0.496 e. The average molecular weight is 232 g/mol. The van der Waals surface area contributed by atoms with Crippen LogP contribution in [0.3, 0.4) is 0 Å². The second-order valence-electron chi connectivity index (χ2n) is 4.02. The Morgan fingerprint density at radius 2 is 2.24 bits per heavy atom. The van der Waals surface area contributed by atoms with Crippen molar-refractivity contribution in [3.8, 4) is 11.8 Å². The van der Waals surface area contributed by atoms with Crippen molar-refractivity contribution in [3.05, 3.63) is 29.3 Å². The smallest absolute Gasteiger partial charge is 0.322 e. The first-order valence-corrected chi connectivity index (χ1v) is 5.43. The molecule has 0 fully saturated rings. The zero-order valence-corrected chi connectivity index (χ0v) is 10.3. The second kappa shape index (κ2) is 5.90. The molecule has 17 heavy (non-hydrogen) atoms. The molecule has 90 valence electrons. The molecule has 0 saturated carbocycles. The van der Waals surface area contributed by atoms with Crippen molar-refractivity contribution in [2.45, 2.75) is 26.3 Å². The summed E-state index contributed by atoms with van der Waals surface area (Å²) >= 11 is 0. The molecule has 0 aliphatic rings. The molecular formula is C13H16N2O2. The molecule has 0 aliphatic carbocycles. The quantitative estimate of drug-likeness (QED) is 0.807. The number of amides is 1. The van der Waals surface area contributed by atoms with Gasteiger partial charge in [-0.2, -0.15) is 5.26 Å². The maximum absolute atomic E-state index is 10.8. The van der Waals surface area contributed by atoms with Crippen molar-refractivity contribution in [2.75, 3.05) is 7.11 Å². The minimum absolute atomic E-state index is 0.300. The number of carbonyl (C=O) groups is 1. The van der Waals surface area contributed by atoms with E-state index in [0.29, 0.717) is 12.5 Å². The monoisotopic (exact) mass is 232 g/mol. The Morgan fingerprint density at radius 1 is 1.53 bits per heavy atom. The molecule has 4 nitrogen and oxygen atoms in total. The number of carbonyl (C=O) groups excluding carboxylic acids is 1. The van der Waals surface area contributed by atoms with E-state index in [1.54, 1.807) is 7.11 Å². The van der Waals surface area contributed by atoms with Crippen molar-refractivity contribution < 1.29 is 9.53 Å². The maximum Gasteiger partial charge on any atom is 0.322 e. The van der Waals surface area contributed by atoms with Gasteiger partial charge in [0, 0.05) is 12.1 Å². The maximum atomic E-state index is 10.8. The van der Waals surface area contributed by atoms with Crippen LogP contribution in [0, 0.1) is 11.3 Å². The summed E-state index contributed by atoms with van der Waals surface area (Å²) in [7, 11) is 1.59. The number of hydrogen-bond acceptors (Lipinski definition) is 3. The van der Waals surface area contributed by atoms with Crippen LogP contribution in [0.4, 0.5) is 0 Å². The van der Waals surface area contributed by atoms with E-state index in [9.17, 15) is 4.79 Å². The molecule has 1 aromatic carbocycles. The summed E-state index contributed by atoms with van der Waals surface area (Å²) in [6, 6.07) is 7.38. The molecule has 1 rings (SSSR count). The highest BCUT2D eigenvalue weighted by Gasteiger charge is 2.07. The number of nitrogens with zero attached hydrogens (tertiary/aromatic N) is 1. The second-order valence-corrected chi connectivity index (χ2v) is 4.02. The lowest BCUT2D eigenvalue weighted by atomic mass is 10.0. The van der Waals surface area contributed by atoms with Crippen LogP contribution in [0.2, 0.25) is 0 Å². The van der Waals surface area contributed by atoms with Crippen LogP contribution in [-0.2, 0) is 11.3 Å². The summed E-state index contributed by atoms with van der Waals surface area (Å²) in [5.74, 6) is 0.515. The summed E-state index contributed by atoms with van der Waals surface area (Å²) in [5.41, 5.74) is 2.04. The van der Waals surface area contributed by atoms with Gasteiger partial charge in [0.25, 0.3) is 0 Å². The van der Waals surface area contributed by atoms with Crippen LogP contribution in [0.1, 0.15) is 30.9 Å². The Morgan fingerprint density at radius 3 is 2.76 bits per heavy atom. The molecule has 1 N–H and O–H groups in total. The number of methoxy groups -OCH3 is 1. The van der Waals surface area contributed by atoms with Crippen LogP contribution in [-0.4, -0.2) is 13.0 Å². The van der Waals surface area contributed by atoms with Crippen LogP contribution in [0.25, 0.3) is 0 Å². The van der Waals surface area contributed by atoms with Gasteiger partial charge in [-0.1, -0.05) is 26.0 Å². The molecule has 0 saturated heterocycles. The highest BCUT2D eigenvalue weighted by atomic mass is 16.5. The highest BCUT2D eigenvalue weighted by Crippen LogP contribution is 2.24. The van der Waals surface area contributed by atoms with Crippen molar-refractivity contribution >= 4 is 5.91 Å². The number of benzene rings is 1. The fourth-order valence-corrected chi connectivity index (χ4v) is 1.48. The van der Waals surface area contributed by atoms with E-state index in [-0.39, 0.29) is 0 Å². The fraction of sp³-hybridized carbons (Fsp3) is 0.385. The molecule has 4 heteroatoms.